The predicted molar refractivity (Wildman–Crippen MR) is 124 cm³/mol. The predicted octanol–water partition coefficient (Wildman–Crippen LogP) is 2.81. The number of thiocarbonyl (C=S) groups is 1. The van der Waals surface area contributed by atoms with Gasteiger partial charge in [-0.25, -0.2) is 0 Å². The molecule has 0 unspecified atom stereocenters. The largest absolute Gasteiger partial charge is 0.283 e. The summed E-state index contributed by atoms with van der Waals surface area (Å²) in [4.78, 5) is 48.3. The first-order valence-electron chi connectivity index (χ1n) is 9.16. The summed E-state index contributed by atoms with van der Waals surface area (Å²) in [5, 5.41) is 10.7. The molecule has 0 aromatic heterocycles. The summed E-state index contributed by atoms with van der Waals surface area (Å²) in [6, 6.07) is 14.4. The van der Waals surface area contributed by atoms with Gasteiger partial charge in [0.05, 0.1) is 9.83 Å². The van der Waals surface area contributed by atoms with Crippen LogP contribution in [0.5, 0.6) is 0 Å². The van der Waals surface area contributed by atoms with Gasteiger partial charge in [-0.15, -0.1) is 0 Å². The Morgan fingerprint density at radius 3 is 2.44 bits per heavy atom. The minimum atomic E-state index is -0.662. The zero-order valence-corrected chi connectivity index (χ0v) is 18.0. The highest BCUT2D eigenvalue weighted by Crippen LogP contribution is 2.30. The van der Waals surface area contributed by atoms with Crippen LogP contribution in [-0.2, 0) is 9.59 Å². The Morgan fingerprint density at radius 1 is 1.09 bits per heavy atom. The zero-order chi connectivity index (χ0) is 23.1. The van der Waals surface area contributed by atoms with Crippen LogP contribution in [0.4, 0.5) is 5.69 Å². The minimum absolute atomic E-state index is 0.120. The number of non-ortho nitro benzene ring substituents is 1. The molecule has 0 spiro atoms. The SMILES string of the molecule is O=C(CN1C(=O)/C(=C/C=C/c2ccccc2)SC1=S)NNC(=O)c1ccc([N+](=O)[O-])cc1. The highest BCUT2D eigenvalue weighted by atomic mass is 32.2. The fourth-order valence-corrected chi connectivity index (χ4v) is 3.78. The first-order valence-corrected chi connectivity index (χ1v) is 10.4. The van der Waals surface area contributed by atoms with Gasteiger partial charge in [-0.05, 0) is 23.8 Å². The summed E-state index contributed by atoms with van der Waals surface area (Å²) < 4.78 is 0.228. The van der Waals surface area contributed by atoms with Crippen molar-refractivity contribution in [3.05, 3.63) is 92.9 Å². The number of hydrogen-bond donors (Lipinski definition) is 2. The number of allylic oxidation sites excluding steroid dienone is 2. The molecule has 162 valence electrons. The summed E-state index contributed by atoms with van der Waals surface area (Å²) in [5.74, 6) is -1.73. The van der Waals surface area contributed by atoms with E-state index in [1.807, 2.05) is 36.4 Å². The van der Waals surface area contributed by atoms with Crippen molar-refractivity contribution in [3.63, 3.8) is 0 Å². The number of amides is 3. The number of rotatable bonds is 6. The standard InChI is InChI=1S/C21H16N4O5S2/c26-18(22-23-19(27)15-9-11-16(12-10-15)25(29)30)13-24-20(28)17(32-21(24)31)8-4-7-14-5-2-1-3-6-14/h1-12H,13H2,(H,22,26)(H,23,27)/b7-4+,17-8-. The number of benzene rings is 2. The van der Waals surface area contributed by atoms with Gasteiger partial charge >= 0.3 is 0 Å². The highest BCUT2D eigenvalue weighted by Gasteiger charge is 2.33. The van der Waals surface area contributed by atoms with Crippen molar-refractivity contribution in [3.8, 4) is 0 Å². The Labute approximate surface area is 192 Å². The van der Waals surface area contributed by atoms with Crippen molar-refractivity contribution >= 4 is 57.8 Å². The Kier molecular flexibility index (Phi) is 7.47. The molecule has 2 N–H and O–H groups in total. The number of nitro groups is 1. The van der Waals surface area contributed by atoms with Crippen LogP contribution in [0, 0.1) is 10.1 Å². The van der Waals surface area contributed by atoms with Gasteiger partial charge in [0, 0.05) is 17.7 Å². The van der Waals surface area contributed by atoms with E-state index in [1.165, 1.54) is 24.3 Å². The van der Waals surface area contributed by atoms with Gasteiger partial charge in [0.2, 0.25) is 0 Å². The van der Waals surface area contributed by atoms with Gasteiger partial charge in [-0.2, -0.15) is 0 Å². The van der Waals surface area contributed by atoms with E-state index in [-0.39, 0.29) is 22.1 Å². The number of carbonyl (C=O) groups excluding carboxylic acids is 3. The van der Waals surface area contributed by atoms with Crippen molar-refractivity contribution in [2.75, 3.05) is 6.54 Å². The zero-order valence-electron chi connectivity index (χ0n) is 16.4. The second-order valence-electron chi connectivity index (χ2n) is 6.37. The molecule has 0 saturated carbocycles. The minimum Gasteiger partial charge on any atom is -0.283 e. The van der Waals surface area contributed by atoms with Gasteiger partial charge in [0.1, 0.15) is 10.9 Å². The van der Waals surface area contributed by atoms with Crippen LogP contribution in [0.25, 0.3) is 6.08 Å². The van der Waals surface area contributed by atoms with Gasteiger partial charge in [-0.3, -0.25) is 40.2 Å². The van der Waals surface area contributed by atoms with Crippen LogP contribution in [0.1, 0.15) is 15.9 Å². The molecule has 0 atom stereocenters. The van der Waals surface area contributed by atoms with Crippen molar-refractivity contribution in [2.45, 2.75) is 0 Å². The Balaban J connectivity index is 1.53. The molecule has 32 heavy (non-hydrogen) atoms. The second-order valence-corrected chi connectivity index (χ2v) is 8.04. The first-order chi connectivity index (χ1) is 15.3. The average molecular weight is 469 g/mol. The molecule has 2 aromatic carbocycles. The molecule has 3 amide bonds. The normalized spacial score (nSPS) is 14.8. The maximum Gasteiger partial charge on any atom is 0.269 e. The number of nitro benzene ring substituents is 1. The van der Waals surface area contributed by atoms with Gasteiger partial charge in [-0.1, -0.05) is 66.5 Å². The van der Waals surface area contributed by atoms with Crippen molar-refractivity contribution in [1.82, 2.24) is 15.8 Å². The third kappa shape index (κ3) is 5.86. The van der Waals surface area contributed by atoms with Gasteiger partial charge < -0.3 is 0 Å². The molecule has 0 bridgehead atoms. The van der Waals surface area contributed by atoms with Crippen LogP contribution in [0.15, 0.2) is 71.7 Å². The molecule has 1 saturated heterocycles. The Hall–Kier alpha value is -3.83. The number of carbonyl (C=O) groups is 3. The monoisotopic (exact) mass is 468 g/mol. The van der Waals surface area contributed by atoms with Crippen molar-refractivity contribution < 1.29 is 19.3 Å². The van der Waals surface area contributed by atoms with E-state index >= 15 is 0 Å². The Morgan fingerprint density at radius 2 is 1.78 bits per heavy atom. The highest BCUT2D eigenvalue weighted by molar-refractivity contribution is 8.26. The maximum absolute atomic E-state index is 12.5. The fraction of sp³-hybridized carbons (Fsp3) is 0.0476. The summed E-state index contributed by atoms with van der Waals surface area (Å²) in [6.07, 6.45) is 5.19. The van der Waals surface area contributed by atoms with E-state index in [9.17, 15) is 24.5 Å². The summed E-state index contributed by atoms with van der Waals surface area (Å²) in [5.41, 5.74) is 5.32. The topological polar surface area (TPSA) is 122 Å². The van der Waals surface area contributed by atoms with E-state index < -0.39 is 22.6 Å². The van der Waals surface area contributed by atoms with E-state index in [1.54, 1.807) is 12.2 Å². The average Bonchev–Trinajstić information content (AvgIpc) is 3.05. The number of hydrazine groups is 1. The van der Waals surface area contributed by atoms with Gasteiger partial charge in [0.15, 0.2) is 0 Å². The number of thioether (sulfide) groups is 1. The molecule has 1 aliphatic heterocycles. The third-order valence-electron chi connectivity index (χ3n) is 4.17. The molecular formula is C21H16N4O5S2. The molecule has 1 heterocycles. The maximum atomic E-state index is 12.5. The summed E-state index contributed by atoms with van der Waals surface area (Å²) >= 11 is 6.26. The van der Waals surface area contributed by atoms with Crippen LogP contribution >= 0.6 is 24.0 Å². The van der Waals surface area contributed by atoms with Crippen LogP contribution < -0.4 is 10.9 Å². The fourth-order valence-electron chi connectivity index (χ4n) is 2.58. The lowest BCUT2D eigenvalue weighted by Crippen LogP contribution is -2.47. The van der Waals surface area contributed by atoms with E-state index in [0.29, 0.717) is 4.91 Å². The summed E-state index contributed by atoms with van der Waals surface area (Å²) in [7, 11) is 0. The smallest absolute Gasteiger partial charge is 0.269 e. The van der Waals surface area contributed by atoms with Crippen LogP contribution in [-0.4, -0.2) is 38.4 Å². The van der Waals surface area contributed by atoms with E-state index in [0.717, 1.165) is 22.2 Å². The molecular weight excluding hydrogens is 452 g/mol. The molecule has 3 rings (SSSR count). The summed E-state index contributed by atoms with van der Waals surface area (Å²) in [6.45, 7) is -0.370. The molecule has 9 nitrogen and oxygen atoms in total. The molecule has 2 aromatic rings. The van der Waals surface area contributed by atoms with Crippen molar-refractivity contribution in [1.29, 1.82) is 0 Å². The van der Waals surface area contributed by atoms with Crippen LogP contribution in [0.2, 0.25) is 0 Å². The second kappa shape index (κ2) is 10.5. The molecule has 0 aliphatic carbocycles. The lowest BCUT2D eigenvalue weighted by molar-refractivity contribution is -0.384. The van der Waals surface area contributed by atoms with Crippen molar-refractivity contribution in [2.24, 2.45) is 0 Å². The van der Waals surface area contributed by atoms with Crippen LogP contribution in [0.3, 0.4) is 0 Å². The number of nitrogens with one attached hydrogen (secondary N) is 2. The lowest BCUT2D eigenvalue weighted by Gasteiger charge is -2.14. The quantitative estimate of drug-likeness (QED) is 0.289. The van der Waals surface area contributed by atoms with E-state index in [2.05, 4.69) is 10.9 Å². The molecule has 11 heteroatoms. The molecule has 1 fully saturated rings. The number of hydrogen-bond acceptors (Lipinski definition) is 7. The first kappa shape index (κ1) is 22.8. The third-order valence-corrected chi connectivity index (χ3v) is 5.56. The Bertz CT molecular complexity index is 1130. The molecule has 1 aliphatic rings. The number of nitrogens with zero attached hydrogens (tertiary/aromatic N) is 2. The molecule has 0 radical (unpaired) electrons. The van der Waals surface area contributed by atoms with E-state index in [4.69, 9.17) is 12.2 Å². The lowest BCUT2D eigenvalue weighted by atomic mass is 10.2. The van der Waals surface area contributed by atoms with Gasteiger partial charge in [0.25, 0.3) is 23.4 Å².